The van der Waals surface area contributed by atoms with Gasteiger partial charge in [0.05, 0.1) is 35.8 Å². The van der Waals surface area contributed by atoms with Crippen molar-refractivity contribution in [2.75, 3.05) is 19.8 Å². The minimum Gasteiger partial charge on any atom is -0.493 e. The van der Waals surface area contributed by atoms with Gasteiger partial charge in [-0.25, -0.2) is 4.79 Å². The minimum atomic E-state index is -4.65. The van der Waals surface area contributed by atoms with Gasteiger partial charge in [0.15, 0.2) is 5.79 Å². The summed E-state index contributed by atoms with van der Waals surface area (Å²) in [7, 11) is 0. The predicted molar refractivity (Wildman–Crippen MR) is 145 cm³/mol. The van der Waals surface area contributed by atoms with Gasteiger partial charge in [-0.1, -0.05) is 18.2 Å². The van der Waals surface area contributed by atoms with Crippen molar-refractivity contribution in [1.82, 2.24) is 5.32 Å². The molecule has 1 aliphatic heterocycles. The number of carbonyl (C=O) groups excluding carboxylic acids is 1. The Balaban J connectivity index is 1.68. The second-order valence-electron chi connectivity index (χ2n) is 11.6. The minimum absolute atomic E-state index is 0.00149. The number of alkyl carbamates (subject to hydrolysis) is 1. The molecular weight excluding hydrogens is 545 g/mol. The Bertz CT molecular complexity index is 1220. The third kappa shape index (κ3) is 9.89. The number of carbonyl (C=O) groups is 1. The molecule has 1 saturated heterocycles. The van der Waals surface area contributed by atoms with E-state index in [0.717, 1.165) is 6.07 Å². The third-order valence-corrected chi connectivity index (χ3v) is 6.39. The zero-order valence-corrected chi connectivity index (χ0v) is 23.9. The van der Waals surface area contributed by atoms with E-state index in [4.69, 9.17) is 18.9 Å². The van der Waals surface area contributed by atoms with Gasteiger partial charge in [0.1, 0.15) is 11.4 Å². The van der Waals surface area contributed by atoms with E-state index in [2.05, 4.69) is 5.32 Å². The molecule has 1 heterocycles. The van der Waals surface area contributed by atoms with Crippen LogP contribution in [0.5, 0.6) is 5.75 Å². The fourth-order valence-electron chi connectivity index (χ4n) is 4.25. The Kier molecular flexibility index (Phi) is 9.91. The monoisotopic (exact) mass is 582 g/mol. The molecule has 2 aromatic carbocycles. The highest BCUT2D eigenvalue weighted by molar-refractivity contribution is 5.69. The maximum absolute atomic E-state index is 14.0. The number of amides is 1. The lowest BCUT2D eigenvalue weighted by Crippen LogP contribution is -2.61. The number of nitro benzene ring substituents is 1. The number of alkyl halides is 3. The summed E-state index contributed by atoms with van der Waals surface area (Å²) >= 11 is 0. The normalized spacial score (nSPS) is 16.6. The van der Waals surface area contributed by atoms with Gasteiger partial charge in [-0.15, -0.1) is 0 Å². The Labute approximate surface area is 237 Å². The summed E-state index contributed by atoms with van der Waals surface area (Å²) in [6.45, 7) is 8.85. The van der Waals surface area contributed by atoms with Gasteiger partial charge >= 0.3 is 12.3 Å². The molecule has 41 heavy (non-hydrogen) atoms. The number of benzene rings is 2. The first-order valence-corrected chi connectivity index (χ1v) is 13.3. The molecule has 0 radical (unpaired) electrons. The highest BCUT2D eigenvalue weighted by atomic mass is 19.4. The summed E-state index contributed by atoms with van der Waals surface area (Å²) < 4.78 is 64.3. The van der Waals surface area contributed by atoms with Gasteiger partial charge in [-0.2, -0.15) is 13.2 Å². The van der Waals surface area contributed by atoms with Crippen LogP contribution >= 0.6 is 0 Å². The number of non-ortho nitro benzene ring substituents is 1. The number of halogens is 3. The lowest BCUT2D eigenvalue weighted by Gasteiger charge is -2.44. The Morgan fingerprint density at radius 3 is 2.32 bits per heavy atom. The van der Waals surface area contributed by atoms with E-state index in [9.17, 15) is 28.1 Å². The molecule has 226 valence electrons. The van der Waals surface area contributed by atoms with Crippen molar-refractivity contribution in [2.45, 2.75) is 83.4 Å². The Hall–Kier alpha value is -3.38. The molecule has 1 N–H and O–H groups in total. The first-order chi connectivity index (χ1) is 19.0. The van der Waals surface area contributed by atoms with E-state index in [0.29, 0.717) is 24.0 Å². The summed E-state index contributed by atoms with van der Waals surface area (Å²) in [6.07, 6.45) is -4.11. The maximum atomic E-state index is 14.0. The van der Waals surface area contributed by atoms with E-state index in [-0.39, 0.29) is 44.1 Å². The molecule has 3 rings (SSSR count). The zero-order chi connectivity index (χ0) is 30.5. The fourth-order valence-corrected chi connectivity index (χ4v) is 4.25. The molecule has 12 heteroatoms. The molecular formula is C29H37F3N2O7. The molecule has 0 bridgehead atoms. The van der Waals surface area contributed by atoms with Crippen molar-refractivity contribution in [3.63, 3.8) is 0 Å². The number of hydrogen-bond donors (Lipinski definition) is 1. The molecule has 1 aliphatic rings. The zero-order valence-electron chi connectivity index (χ0n) is 23.9. The Morgan fingerprint density at radius 2 is 1.71 bits per heavy atom. The highest BCUT2D eigenvalue weighted by Crippen LogP contribution is 2.38. The number of rotatable bonds is 10. The van der Waals surface area contributed by atoms with Crippen LogP contribution in [0.2, 0.25) is 0 Å². The average Bonchev–Trinajstić information content (AvgIpc) is 2.86. The first kappa shape index (κ1) is 32.1. The molecule has 1 fully saturated rings. The van der Waals surface area contributed by atoms with Crippen LogP contribution in [0.3, 0.4) is 0 Å². The largest absolute Gasteiger partial charge is 0.493 e. The molecule has 1 amide bonds. The van der Waals surface area contributed by atoms with Crippen molar-refractivity contribution in [3.05, 3.63) is 69.3 Å². The van der Waals surface area contributed by atoms with Gasteiger partial charge in [-0.3, -0.25) is 10.1 Å². The van der Waals surface area contributed by atoms with Crippen LogP contribution in [0.15, 0.2) is 42.5 Å². The SMILES string of the molecule is CC(C)(C)OC(=O)NC1(CCc2ccc(OCCCc3cccc([N+](=O)[O-])c3)c(C(F)(F)F)c2)COC(C)(C)OC1. The van der Waals surface area contributed by atoms with E-state index in [1.54, 1.807) is 52.8 Å². The summed E-state index contributed by atoms with van der Waals surface area (Å²) in [5, 5.41) is 13.8. The number of nitrogens with zero attached hydrogens (tertiary/aromatic N) is 1. The third-order valence-electron chi connectivity index (χ3n) is 6.39. The van der Waals surface area contributed by atoms with Crippen LogP contribution in [0.4, 0.5) is 23.7 Å². The summed E-state index contributed by atoms with van der Waals surface area (Å²) in [5.41, 5.74) is -1.60. The van der Waals surface area contributed by atoms with Gasteiger partial charge in [0.25, 0.3) is 5.69 Å². The number of ether oxygens (including phenoxy) is 4. The number of hydrogen-bond acceptors (Lipinski definition) is 7. The molecule has 9 nitrogen and oxygen atoms in total. The van der Waals surface area contributed by atoms with Crippen molar-refractivity contribution in [3.8, 4) is 5.75 Å². The van der Waals surface area contributed by atoms with E-state index in [1.165, 1.54) is 18.2 Å². The van der Waals surface area contributed by atoms with Crippen molar-refractivity contribution >= 4 is 11.8 Å². The molecule has 2 aromatic rings. The maximum Gasteiger partial charge on any atom is 0.419 e. The van der Waals surface area contributed by atoms with Crippen molar-refractivity contribution in [2.24, 2.45) is 0 Å². The number of nitro groups is 1. The molecule has 0 saturated carbocycles. The first-order valence-electron chi connectivity index (χ1n) is 13.3. The number of aryl methyl sites for hydroxylation is 2. The Morgan fingerprint density at radius 1 is 1.05 bits per heavy atom. The van der Waals surface area contributed by atoms with Crippen LogP contribution in [-0.2, 0) is 33.2 Å². The lowest BCUT2D eigenvalue weighted by atomic mass is 9.91. The summed E-state index contributed by atoms with van der Waals surface area (Å²) in [4.78, 5) is 23.0. The van der Waals surface area contributed by atoms with Crippen LogP contribution in [-0.4, -0.2) is 47.8 Å². The van der Waals surface area contributed by atoms with Gasteiger partial charge in [0, 0.05) is 12.1 Å². The van der Waals surface area contributed by atoms with E-state index < -0.39 is 39.7 Å². The van der Waals surface area contributed by atoms with Crippen LogP contribution in [0, 0.1) is 10.1 Å². The van der Waals surface area contributed by atoms with Crippen LogP contribution < -0.4 is 10.1 Å². The quantitative estimate of drug-likeness (QED) is 0.191. The molecule has 0 aliphatic carbocycles. The second-order valence-corrected chi connectivity index (χ2v) is 11.6. The van der Waals surface area contributed by atoms with Gasteiger partial charge in [0.2, 0.25) is 0 Å². The highest BCUT2D eigenvalue weighted by Gasteiger charge is 2.42. The van der Waals surface area contributed by atoms with E-state index in [1.807, 2.05) is 0 Å². The smallest absolute Gasteiger partial charge is 0.419 e. The topological polar surface area (TPSA) is 109 Å². The standard InChI is InChI=1S/C29H37F3N2O7/c1-26(2,3)41-25(35)33-28(18-39-27(4,5)40-19-28)14-13-21-11-12-24(23(17-21)29(30,31)32)38-15-7-9-20-8-6-10-22(16-20)34(36)37/h6,8,10-12,16-17H,7,9,13-15,18-19H2,1-5H3,(H,33,35). The number of nitrogens with one attached hydrogen (secondary N) is 1. The molecule has 0 aromatic heterocycles. The second kappa shape index (κ2) is 12.6. The fraction of sp³-hybridized carbons (Fsp3) is 0.552. The summed E-state index contributed by atoms with van der Waals surface area (Å²) in [6, 6.07) is 9.99. The van der Waals surface area contributed by atoms with Crippen LogP contribution in [0.1, 0.15) is 64.2 Å². The average molecular weight is 583 g/mol. The van der Waals surface area contributed by atoms with Crippen molar-refractivity contribution < 1.29 is 41.8 Å². The van der Waals surface area contributed by atoms with Crippen molar-refractivity contribution in [1.29, 1.82) is 0 Å². The lowest BCUT2D eigenvalue weighted by molar-refractivity contribution is -0.384. The molecule has 0 spiro atoms. The van der Waals surface area contributed by atoms with Gasteiger partial charge < -0.3 is 24.3 Å². The summed E-state index contributed by atoms with van der Waals surface area (Å²) in [5.74, 6) is -1.16. The van der Waals surface area contributed by atoms with Gasteiger partial charge in [-0.05, 0) is 83.6 Å². The predicted octanol–water partition coefficient (Wildman–Crippen LogP) is 6.60. The molecule has 0 unspecified atom stereocenters. The molecule has 0 atom stereocenters. The van der Waals surface area contributed by atoms with E-state index >= 15 is 0 Å². The van der Waals surface area contributed by atoms with Crippen LogP contribution in [0.25, 0.3) is 0 Å².